The van der Waals surface area contributed by atoms with Crippen LogP contribution in [0.25, 0.3) is 0 Å². The molecule has 0 aromatic heterocycles. The number of carbonyl (C=O) groups excluding carboxylic acids is 2. The summed E-state index contributed by atoms with van der Waals surface area (Å²) in [4.78, 5) is 32.8. The monoisotopic (exact) mass is 254 g/mol. The van der Waals surface area contributed by atoms with Gasteiger partial charge in [0.2, 0.25) is 0 Å². The Kier molecular flexibility index (Phi) is 5.90. The molecule has 3 amide bonds. The lowest BCUT2D eigenvalue weighted by Gasteiger charge is -2.15. The Morgan fingerprint density at radius 1 is 1.00 bits per heavy atom. The summed E-state index contributed by atoms with van der Waals surface area (Å²) in [5.41, 5.74) is 0. The first-order chi connectivity index (χ1) is 8.58. The number of aliphatic carboxylic acids is 1. The number of nitrogens with one attached hydrogen (secondary N) is 2. The van der Waals surface area contributed by atoms with Crippen LogP contribution in [-0.4, -0.2) is 29.1 Å². The van der Waals surface area contributed by atoms with E-state index in [2.05, 4.69) is 10.6 Å². The Bertz CT molecular complexity index is 344. The van der Waals surface area contributed by atoms with E-state index in [-0.39, 0.29) is 6.04 Å². The summed E-state index contributed by atoms with van der Waals surface area (Å²) in [5.74, 6) is -1.96. The number of carboxylic acids is 1. The lowest BCUT2D eigenvalue weighted by Crippen LogP contribution is -2.43. The molecular formula is C12H18N2O4. The summed E-state index contributed by atoms with van der Waals surface area (Å²) in [6, 6.07) is -0.467. The average molecular weight is 254 g/mol. The van der Waals surface area contributed by atoms with E-state index in [0.717, 1.165) is 31.8 Å². The van der Waals surface area contributed by atoms with Gasteiger partial charge in [0.1, 0.15) is 0 Å². The second-order valence-electron chi connectivity index (χ2n) is 4.32. The normalized spacial score (nSPS) is 17.1. The van der Waals surface area contributed by atoms with Gasteiger partial charge in [-0.05, 0) is 12.8 Å². The first-order valence-corrected chi connectivity index (χ1v) is 6.10. The van der Waals surface area contributed by atoms with Gasteiger partial charge >= 0.3 is 12.0 Å². The van der Waals surface area contributed by atoms with Crippen molar-refractivity contribution in [2.24, 2.45) is 0 Å². The van der Waals surface area contributed by atoms with E-state index in [1.165, 1.54) is 12.8 Å². The molecule has 0 aromatic carbocycles. The molecule has 0 radical (unpaired) electrons. The van der Waals surface area contributed by atoms with Gasteiger partial charge < -0.3 is 10.4 Å². The highest BCUT2D eigenvalue weighted by Crippen LogP contribution is 2.16. The fourth-order valence-corrected chi connectivity index (χ4v) is 1.95. The minimum absolute atomic E-state index is 0.101. The predicted octanol–water partition coefficient (Wildman–Crippen LogP) is 1.18. The van der Waals surface area contributed by atoms with Gasteiger partial charge in [0, 0.05) is 18.2 Å². The van der Waals surface area contributed by atoms with E-state index >= 15 is 0 Å². The molecule has 1 fully saturated rings. The molecule has 6 heteroatoms. The summed E-state index contributed by atoms with van der Waals surface area (Å²) in [6.07, 6.45) is 7.87. The summed E-state index contributed by atoms with van der Waals surface area (Å²) in [7, 11) is 0. The molecule has 18 heavy (non-hydrogen) atoms. The number of imide groups is 1. The summed E-state index contributed by atoms with van der Waals surface area (Å²) in [6.45, 7) is 0. The summed E-state index contributed by atoms with van der Waals surface area (Å²) in [5, 5.41) is 13.1. The van der Waals surface area contributed by atoms with Crippen molar-refractivity contribution in [1.29, 1.82) is 0 Å². The minimum Gasteiger partial charge on any atom is -0.478 e. The van der Waals surface area contributed by atoms with Crippen LogP contribution in [0, 0.1) is 0 Å². The third-order valence-corrected chi connectivity index (χ3v) is 2.80. The van der Waals surface area contributed by atoms with Crippen LogP contribution in [0.15, 0.2) is 12.2 Å². The first-order valence-electron chi connectivity index (χ1n) is 6.10. The largest absolute Gasteiger partial charge is 0.478 e. The second kappa shape index (κ2) is 7.47. The van der Waals surface area contributed by atoms with Crippen LogP contribution in [0.4, 0.5) is 4.79 Å². The second-order valence-corrected chi connectivity index (χ2v) is 4.32. The van der Waals surface area contributed by atoms with E-state index in [1.54, 1.807) is 0 Å². The van der Waals surface area contributed by atoms with Crippen LogP contribution in [-0.2, 0) is 9.59 Å². The number of urea groups is 1. The standard InChI is InChI=1S/C12H18N2O4/c15-10(7-8-11(16)17)14-12(18)13-9-5-3-1-2-4-6-9/h7-9H,1-6H2,(H,16,17)(H2,13,14,15,18)/b8-7+. The van der Waals surface area contributed by atoms with Gasteiger partial charge in [0.25, 0.3) is 5.91 Å². The van der Waals surface area contributed by atoms with Crippen molar-refractivity contribution in [1.82, 2.24) is 10.6 Å². The highest BCUT2D eigenvalue weighted by atomic mass is 16.4. The van der Waals surface area contributed by atoms with E-state index in [4.69, 9.17) is 5.11 Å². The SMILES string of the molecule is O=C(O)/C=C/C(=O)NC(=O)NC1CCCCCC1. The highest BCUT2D eigenvalue weighted by molar-refractivity contribution is 6.02. The molecule has 6 nitrogen and oxygen atoms in total. The molecule has 1 rings (SSSR count). The zero-order valence-corrected chi connectivity index (χ0v) is 10.1. The maximum atomic E-state index is 11.5. The van der Waals surface area contributed by atoms with Crippen molar-refractivity contribution in [3.8, 4) is 0 Å². The van der Waals surface area contributed by atoms with Gasteiger partial charge in [0.05, 0.1) is 0 Å². The van der Waals surface area contributed by atoms with E-state index in [9.17, 15) is 14.4 Å². The molecular weight excluding hydrogens is 236 g/mol. The number of rotatable bonds is 3. The lowest BCUT2D eigenvalue weighted by molar-refractivity contribution is -0.131. The van der Waals surface area contributed by atoms with Crippen molar-refractivity contribution in [2.45, 2.75) is 44.6 Å². The van der Waals surface area contributed by atoms with Crippen molar-refractivity contribution < 1.29 is 19.5 Å². The zero-order chi connectivity index (χ0) is 13.4. The van der Waals surface area contributed by atoms with E-state index in [1.807, 2.05) is 0 Å². The molecule has 0 aromatic rings. The molecule has 1 aliphatic rings. The van der Waals surface area contributed by atoms with Crippen LogP contribution in [0.2, 0.25) is 0 Å². The van der Waals surface area contributed by atoms with E-state index in [0.29, 0.717) is 6.08 Å². The topological polar surface area (TPSA) is 95.5 Å². The molecule has 0 saturated heterocycles. The Morgan fingerprint density at radius 3 is 2.17 bits per heavy atom. The van der Waals surface area contributed by atoms with E-state index < -0.39 is 17.9 Å². The number of carboxylic acid groups (broad SMARTS) is 1. The average Bonchev–Trinajstić information content (AvgIpc) is 2.54. The quantitative estimate of drug-likeness (QED) is 0.520. The molecule has 1 saturated carbocycles. The van der Waals surface area contributed by atoms with Gasteiger partial charge in [-0.1, -0.05) is 25.7 Å². The molecule has 0 heterocycles. The number of hydrogen-bond donors (Lipinski definition) is 3. The summed E-state index contributed by atoms with van der Waals surface area (Å²) < 4.78 is 0. The third-order valence-electron chi connectivity index (χ3n) is 2.80. The number of amides is 3. The predicted molar refractivity (Wildman–Crippen MR) is 64.9 cm³/mol. The van der Waals surface area contributed by atoms with Crippen LogP contribution in [0.5, 0.6) is 0 Å². The van der Waals surface area contributed by atoms with Crippen LogP contribution < -0.4 is 10.6 Å². The van der Waals surface area contributed by atoms with Gasteiger partial charge in [-0.25, -0.2) is 9.59 Å². The highest BCUT2D eigenvalue weighted by Gasteiger charge is 2.15. The molecule has 3 N–H and O–H groups in total. The Morgan fingerprint density at radius 2 is 1.61 bits per heavy atom. The molecule has 100 valence electrons. The molecule has 0 aliphatic heterocycles. The summed E-state index contributed by atoms with van der Waals surface area (Å²) >= 11 is 0. The molecule has 0 atom stereocenters. The minimum atomic E-state index is -1.23. The third kappa shape index (κ3) is 6.03. The Hall–Kier alpha value is -1.85. The van der Waals surface area contributed by atoms with Crippen LogP contribution in [0.1, 0.15) is 38.5 Å². The lowest BCUT2D eigenvalue weighted by atomic mass is 10.1. The number of hydrogen-bond acceptors (Lipinski definition) is 3. The molecule has 0 spiro atoms. The number of carbonyl (C=O) groups is 3. The Balaban J connectivity index is 2.31. The smallest absolute Gasteiger partial charge is 0.328 e. The van der Waals surface area contributed by atoms with Crippen molar-refractivity contribution in [3.63, 3.8) is 0 Å². The van der Waals surface area contributed by atoms with Crippen LogP contribution in [0.3, 0.4) is 0 Å². The fourth-order valence-electron chi connectivity index (χ4n) is 1.95. The fraction of sp³-hybridized carbons (Fsp3) is 0.583. The molecule has 0 bridgehead atoms. The van der Waals surface area contributed by atoms with Gasteiger partial charge in [-0.15, -0.1) is 0 Å². The molecule has 0 unspecified atom stereocenters. The Labute approximate surface area is 105 Å². The van der Waals surface area contributed by atoms with Crippen LogP contribution >= 0.6 is 0 Å². The van der Waals surface area contributed by atoms with Gasteiger partial charge in [-0.2, -0.15) is 0 Å². The van der Waals surface area contributed by atoms with Gasteiger partial charge in [0.15, 0.2) is 0 Å². The van der Waals surface area contributed by atoms with Gasteiger partial charge in [-0.3, -0.25) is 10.1 Å². The van der Waals surface area contributed by atoms with Crippen molar-refractivity contribution >= 4 is 17.9 Å². The maximum absolute atomic E-state index is 11.5. The zero-order valence-electron chi connectivity index (χ0n) is 10.1. The van der Waals surface area contributed by atoms with Crippen molar-refractivity contribution in [3.05, 3.63) is 12.2 Å². The molecule has 1 aliphatic carbocycles. The first kappa shape index (κ1) is 14.2. The van der Waals surface area contributed by atoms with Crippen molar-refractivity contribution in [2.75, 3.05) is 0 Å². The maximum Gasteiger partial charge on any atom is 0.328 e.